The van der Waals surface area contributed by atoms with Gasteiger partial charge < -0.3 is 15.2 Å². The minimum atomic E-state index is -0.604. The zero-order valence-electron chi connectivity index (χ0n) is 12.3. The Bertz CT molecular complexity index is 654. The fourth-order valence-electron chi connectivity index (χ4n) is 2.66. The Kier molecular flexibility index (Phi) is 3.95. The van der Waals surface area contributed by atoms with Crippen LogP contribution in [0.4, 0.5) is 5.69 Å². The molecule has 0 bridgehead atoms. The first-order chi connectivity index (χ1) is 10.1. The number of fused-ring (bicyclic) bond motifs is 1. The number of anilines is 1. The third-order valence-electron chi connectivity index (χ3n) is 3.84. The molecule has 1 aromatic heterocycles. The lowest BCUT2D eigenvalue weighted by atomic mass is 10.0. The number of aliphatic hydroxyl groups is 1. The predicted octanol–water partition coefficient (Wildman–Crippen LogP) is 2.83. The number of thioether (sulfide) groups is 1. The summed E-state index contributed by atoms with van der Waals surface area (Å²) in [4.78, 5) is 4.57. The van der Waals surface area contributed by atoms with Crippen LogP contribution in [0, 0.1) is 6.92 Å². The highest BCUT2D eigenvalue weighted by atomic mass is 32.2. The molecule has 1 saturated heterocycles. The molecule has 0 saturated carbocycles. The molecule has 1 unspecified atom stereocenters. The molecule has 5 heteroatoms. The summed E-state index contributed by atoms with van der Waals surface area (Å²) in [5.41, 5.74) is 2.19. The van der Waals surface area contributed by atoms with Crippen LogP contribution in [0.15, 0.2) is 24.3 Å². The van der Waals surface area contributed by atoms with Crippen LogP contribution in [0.1, 0.15) is 12.1 Å². The van der Waals surface area contributed by atoms with E-state index in [9.17, 15) is 5.11 Å². The number of rotatable bonds is 4. The highest BCUT2D eigenvalue weighted by Crippen LogP contribution is 2.32. The van der Waals surface area contributed by atoms with Gasteiger partial charge in [0.2, 0.25) is 0 Å². The van der Waals surface area contributed by atoms with Gasteiger partial charge >= 0.3 is 0 Å². The van der Waals surface area contributed by atoms with Gasteiger partial charge in [0.05, 0.1) is 12.7 Å². The second-order valence-corrected chi connectivity index (χ2v) is 6.65. The topological polar surface area (TPSA) is 54.4 Å². The van der Waals surface area contributed by atoms with Crippen molar-refractivity contribution in [2.75, 3.05) is 30.5 Å². The minimum Gasteiger partial charge on any atom is -0.494 e. The van der Waals surface area contributed by atoms with Gasteiger partial charge in [0, 0.05) is 29.1 Å². The van der Waals surface area contributed by atoms with Crippen LogP contribution in [0.2, 0.25) is 0 Å². The number of aryl methyl sites for hydroxylation is 1. The normalized spacial score (nSPS) is 21.7. The van der Waals surface area contributed by atoms with E-state index in [4.69, 9.17) is 4.74 Å². The summed E-state index contributed by atoms with van der Waals surface area (Å²) in [5, 5.41) is 14.9. The number of ether oxygens (including phenoxy) is 1. The first-order valence-corrected chi connectivity index (χ1v) is 8.25. The van der Waals surface area contributed by atoms with Gasteiger partial charge in [-0.25, -0.2) is 4.98 Å². The third-order valence-corrected chi connectivity index (χ3v) is 5.08. The molecule has 3 rings (SSSR count). The van der Waals surface area contributed by atoms with Gasteiger partial charge in [-0.3, -0.25) is 0 Å². The first kappa shape index (κ1) is 14.5. The zero-order valence-corrected chi connectivity index (χ0v) is 13.2. The Morgan fingerprint density at radius 2 is 2.33 bits per heavy atom. The number of nitrogens with zero attached hydrogens (tertiary/aromatic N) is 1. The lowest BCUT2D eigenvalue weighted by Crippen LogP contribution is -2.36. The maximum Gasteiger partial charge on any atom is 0.145 e. The van der Waals surface area contributed by atoms with Crippen molar-refractivity contribution in [1.29, 1.82) is 0 Å². The highest BCUT2D eigenvalue weighted by molar-refractivity contribution is 7.99. The average molecular weight is 304 g/mol. The lowest BCUT2D eigenvalue weighted by Gasteiger charge is -2.23. The van der Waals surface area contributed by atoms with Gasteiger partial charge in [-0.1, -0.05) is 12.1 Å². The standard InChI is InChI=1S/C16H20N2O2S/c1-11-8-13(17-9-16(19)6-7-21-10-16)12-4-3-5-14(20-2)15(12)18-11/h3-5,8,19H,6-7,9-10H2,1-2H3,(H,17,18). The molecule has 0 aliphatic carbocycles. The summed E-state index contributed by atoms with van der Waals surface area (Å²) in [6.45, 7) is 2.53. The number of aromatic nitrogens is 1. The maximum absolute atomic E-state index is 10.5. The van der Waals surface area contributed by atoms with Crippen molar-refractivity contribution in [2.24, 2.45) is 0 Å². The molecule has 2 aromatic rings. The number of benzene rings is 1. The van der Waals surface area contributed by atoms with E-state index in [0.717, 1.165) is 46.0 Å². The van der Waals surface area contributed by atoms with Crippen LogP contribution in [0.3, 0.4) is 0 Å². The summed E-state index contributed by atoms with van der Waals surface area (Å²) < 4.78 is 5.39. The molecule has 4 nitrogen and oxygen atoms in total. The predicted molar refractivity (Wildman–Crippen MR) is 88.4 cm³/mol. The van der Waals surface area contributed by atoms with Gasteiger partial charge in [-0.2, -0.15) is 11.8 Å². The third kappa shape index (κ3) is 2.94. The smallest absolute Gasteiger partial charge is 0.145 e. The molecule has 1 aliphatic rings. The second kappa shape index (κ2) is 5.73. The molecule has 21 heavy (non-hydrogen) atoms. The Morgan fingerprint density at radius 3 is 3.05 bits per heavy atom. The summed E-state index contributed by atoms with van der Waals surface area (Å²) in [5.74, 6) is 2.60. The van der Waals surface area contributed by atoms with Crippen molar-refractivity contribution < 1.29 is 9.84 Å². The lowest BCUT2D eigenvalue weighted by molar-refractivity contribution is 0.0820. The van der Waals surface area contributed by atoms with Gasteiger partial charge in [-0.15, -0.1) is 0 Å². The summed E-state index contributed by atoms with van der Waals surface area (Å²) in [6, 6.07) is 7.93. The van der Waals surface area contributed by atoms with Crippen molar-refractivity contribution in [3.63, 3.8) is 0 Å². The van der Waals surface area contributed by atoms with E-state index in [1.165, 1.54) is 0 Å². The number of methoxy groups -OCH3 is 1. The van der Waals surface area contributed by atoms with Crippen LogP contribution in [0.5, 0.6) is 5.75 Å². The average Bonchev–Trinajstić information content (AvgIpc) is 2.91. The van der Waals surface area contributed by atoms with E-state index in [2.05, 4.69) is 10.3 Å². The summed E-state index contributed by atoms with van der Waals surface area (Å²) in [7, 11) is 1.66. The molecule has 2 N–H and O–H groups in total. The van der Waals surface area contributed by atoms with Crippen molar-refractivity contribution in [3.05, 3.63) is 30.0 Å². The number of pyridine rings is 1. The number of hydrogen-bond acceptors (Lipinski definition) is 5. The van der Waals surface area contributed by atoms with Crippen LogP contribution >= 0.6 is 11.8 Å². The minimum absolute atomic E-state index is 0.565. The van der Waals surface area contributed by atoms with Gasteiger partial charge in [0.1, 0.15) is 11.3 Å². The molecule has 112 valence electrons. The van der Waals surface area contributed by atoms with E-state index in [-0.39, 0.29) is 0 Å². The van der Waals surface area contributed by atoms with Gasteiger partial charge in [-0.05, 0) is 31.2 Å². The SMILES string of the molecule is COc1cccc2c(NCC3(O)CCSC3)cc(C)nc12. The van der Waals surface area contributed by atoms with E-state index < -0.39 is 5.60 Å². The maximum atomic E-state index is 10.5. The van der Waals surface area contributed by atoms with E-state index in [1.807, 2.05) is 31.2 Å². The molecule has 1 aliphatic heterocycles. The number of nitrogens with one attached hydrogen (secondary N) is 1. The van der Waals surface area contributed by atoms with Crippen LogP contribution < -0.4 is 10.1 Å². The molecular formula is C16H20N2O2S. The zero-order chi connectivity index (χ0) is 14.9. The first-order valence-electron chi connectivity index (χ1n) is 7.10. The molecule has 1 fully saturated rings. The van der Waals surface area contributed by atoms with Crippen molar-refractivity contribution >= 4 is 28.4 Å². The van der Waals surface area contributed by atoms with Crippen molar-refractivity contribution in [3.8, 4) is 5.75 Å². The molecule has 0 spiro atoms. The fourth-order valence-corrected chi connectivity index (χ4v) is 3.95. The Labute approximate surface area is 128 Å². The molecular weight excluding hydrogens is 284 g/mol. The summed E-state index contributed by atoms with van der Waals surface area (Å²) in [6.07, 6.45) is 0.843. The highest BCUT2D eigenvalue weighted by Gasteiger charge is 2.31. The molecule has 2 heterocycles. The Balaban J connectivity index is 1.94. The largest absolute Gasteiger partial charge is 0.494 e. The molecule has 0 amide bonds. The molecule has 1 aromatic carbocycles. The monoisotopic (exact) mass is 304 g/mol. The Morgan fingerprint density at radius 1 is 1.48 bits per heavy atom. The van der Waals surface area contributed by atoms with Gasteiger partial charge in [0.25, 0.3) is 0 Å². The second-order valence-electron chi connectivity index (χ2n) is 5.55. The summed E-state index contributed by atoms with van der Waals surface area (Å²) >= 11 is 1.81. The van der Waals surface area contributed by atoms with Crippen LogP contribution in [-0.2, 0) is 0 Å². The molecule has 1 atom stereocenters. The van der Waals surface area contributed by atoms with Crippen LogP contribution in [-0.4, -0.2) is 40.9 Å². The molecule has 0 radical (unpaired) electrons. The fraction of sp³-hybridized carbons (Fsp3) is 0.438. The quantitative estimate of drug-likeness (QED) is 0.909. The van der Waals surface area contributed by atoms with Crippen molar-refractivity contribution in [1.82, 2.24) is 4.98 Å². The van der Waals surface area contributed by atoms with E-state index >= 15 is 0 Å². The number of hydrogen-bond donors (Lipinski definition) is 2. The van der Waals surface area contributed by atoms with E-state index in [0.29, 0.717) is 6.54 Å². The van der Waals surface area contributed by atoms with Crippen LogP contribution in [0.25, 0.3) is 10.9 Å². The van der Waals surface area contributed by atoms with Gasteiger partial charge in [0.15, 0.2) is 0 Å². The van der Waals surface area contributed by atoms with Crippen molar-refractivity contribution in [2.45, 2.75) is 18.9 Å². The Hall–Kier alpha value is -1.46. The number of para-hydroxylation sites is 1. The van der Waals surface area contributed by atoms with E-state index in [1.54, 1.807) is 18.9 Å².